The number of benzene rings is 2. The molecule has 1 aliphatic rings. The van der Waals surface area contributed by atoms with E-state index >= 15 is 0 Å². The molecule has 246 valence electrons. The van der Waals surface area contributed by atoms with E-state index in [0.717, 1.165) is 16.7 Å². The van der Waals surface area contributed by atoms with Crippen LogP contribution in [-0.4, -0.2) is 100 Å². The van der Waals surface area contributed by atoms with Crippen molar-refractivity contribution in [2.75, 3.05) is 66.1 Å². The molecule has 13 heteroatoms. The van der Waals surface area contributed by atoms with Gasteiger partial charge in [0.1, 0.15) is 6.61 Å². The van der Waals surface area contributed by atoms with Gasteiger partial charge in [0.15, 0.2) is 6.73 Å². The van der Waals surface area contributed by atoms with Crippen molar-refractivity contribution in [3.8, 4) is 11.1 Å². The molecule has 3 rings (SSSR count). The van der Waals surface area contributed by atoms with Crippen LogP contribution in [0, 0.1) is 0 Å². The van der Waals surface area contributed by atoms with Gasteiger partial charge in [-0.25, -0.2) is 4.79 Å². The highest BCUT2D eigenvalue weighted by Crippen LogP contribution is 2.45. The number of aliphatic hydroxyl groups is 1. The number of hydrogen-bond donors (Lipinski definition) is 3. The third-order valence-corrected chi connectivity index (χ3v) is 6.94. The summed E-state index contributed by atoms with van der Waals surface area (Å²) in [4.78, 5) is 55.4. The molecule has 1 aliphatic carbocycles. The van der Waals surface area contributed by atoms with E-state index in [0.29, 0.717) is 80.9 Å². The van der Waals surface area contributed by atoms with Crippen LogP contribution in [0.25, 0.3) is 11.1 Å². The number of carbonyl (C=O) groups excluding carboxylic acids is 4. The SMILES string of the molecule is CCCC(=O)N(CO)OC(=O)OCC1c2cc(C(=O)NCCOCC)ccc2-c2ccc(C(=O)NCCOCCOCC)cc21. The molecule has 2 aromatic carbocycles. The molecule has 1 atom stereocenters. The Morgan fingerprint density at radius 3 is 1.84 bits per heavy atom. The Morgan fingerprint density at radius 2 is 1.31 bits per heavy atom. The van der Waals surface area contributed by atoms with Crippen molar-refractivity contribution in [2.24, 2.45) is 0 Å². The minimum atomic E-state index is -1.17. The van der Waals surface area contributed by atoms with Gasteiger partial charge in [0, 0.05) is 49.8 Å². The normalized spacial score (nSPS) is 13.0. The van der Waals surface area contributed by atoms with Gasteiger partial charge in [0.05, 0.1) is 26.4 Å². The number of fused-ring (bicyclic) bond motifs is 3. The molecule has 2 aromatic rings. The number of hydroxylamine groups is 2. The zero-order valence-electron chi connectivity index (χ0n) is 26.1. The van der Waals surface area contributed by atoms with Crippen LogP contribution >= 0.6 is 0 Å². The van der Waals surface area contributed by atoms with E-state index < -0.39 is 24.7 Å². The van der Waals surface area contributed by atoms with Crippen molar-refractivity contribution in [1.29, 1.82) is 0 Å². The molecule has 0 radical (unpaired) electrons. The second kappa shape index (κ2) is 18.7. The van der Waals surface area contributed by atoms with Crippen LogP contribution in [0.5, 0.6) is 0 Å². The maximum atomic E-state index is 13.0. The van der Waals surface area contributed by atoms with Gasteiger partial charge < -0.3 is 39.5 Å². The Bertz CT molecular complexity index is 1300. The van der Waals surface area contributed by atoms with Crippen molar-refractivity contribution in [1.82, 2.24) is 15.7 Å². The molecule has 0 saturated heterocycles. The minimum Gasteiger partial charge on any atom is -0.432 e. The average Bonchev–Trinajstić information content (AvgIpc) is 3.36. The molecule has 0 bridgehead atoms. The van der Waals surface area contributed by atoms with Crippen LogP contribution in [0.2, 0.25) is 0 Å². The molecular formula is C32H43N3O10. The van der Waals surface area contributed by atoms with Crippen LogP contribution in [0.15, 0.2) is 36.4 Å². The number of rotatable bonds is 18. The largest absolute Gasteiger partial charge is 0.533 e. The number of carbonyl (C=O) groups is 4. The summed E-state index contributed by atoms with van der Waals surface area (Å²) in [6.45, 7) is 7.95. The molecule has 0 heterocycles. The Labute approximate surface area is 263 Å². The minimum absolute atomic E-state index is 0.0802. The number of nitrogens with one attached hydrogen (secondary N) is 2. The summed E-state index contributed by atoms with van der Waals surface area (Å²) in [5.41, 5.74) is 3.88. The summed E-state index contributed by atoms with van der Waals surface area (Å²) in [6, 6.07) is 10.5. The lowest BCUT2D eigenvalue weighted by atomic mass is 9.95. The van der Waals surface area contributed by atoms with Crippen molar-refractivity contribution in [3.05, 3.63) is 58.7 Å². The van der Waals surface area contributed by atoms with Gasteiger partial charge in [-0.05, 0) is 66.8 Å². The molecule has 0 aliphatic heterocycles. The van der Waals surface area contributed by atoms with Crippen LogP contribution in [-0.2, 0) is 28.6 Å². The van der Waals surface area contributed by atoms with Gasteiger partial charge in [-0.3, -0.25) is 14.4 Å². The molecule has 45 heavy (non-hydrogen) atoms. The van der Waals surface area contributed by atoms with Crippen LogP contribution in [0.1, 0.15) is 71.4 Å². The fourth-order valence-corrected chi connectivity index (χ4v) is 4.77. The fraction of sp³-hybridized carbons (Fsp3) is 0.500. The standard InChI is InChI=1S/C32H43N3O10/c1-4-7-29(37)35(21-36)45-32(40)44-20-28-26-18-22(30(38)33-12-14-41-5-2)8-10-24(26)25-11-9-23(19-27(25)28)31(39)34-13-15-43-17-16-42-6-3/h8-11,18-19,28,36H,4-7,12-17,20-21H2,1-3H3,(H,33,38)(H,34,39). The van der Waals surface area contributed by atoms with E-state index in [9.17, 15) is 24.3 Å². The van der Waals surface area contributed by atoms with E-state index in [-0.39, 0.29) is 24.8 Å². The van der Waals surface area contributed by atoms with Crippen LogP contribution in [0.3, 0.4) is 0 Å². The summed E-state index contributed by atoms with van der Waals surface area (Å²) in [6.07, 6.45) is -0.592. The zero-order valence-corrected chi connectivity index (χ0v) is 26.1. The van der Waals surface area contributed by atoms with Gasteiger partial charge in [0.25, 0.3) is 17.7 Å². The Balaban J connectivity index is 1.78. The maximum absolute atomic E-state index is 13.0. The predicted octanol–water partition coefficient (Wildman–Crippen LogP) is 2.99. The summed E-state index contributed by atoms with van der Waals surface area (Å²) in [5, 5.41) is 15.7. The maximum Gasteiger partial charge on any atom is 0.533 e. The Morgan fingerprint density at radius 1 is 0.778 bits per heavy atom. The van der Waals surface area contributed by atoms with Crippen molar-refractivity contribution in [2.45, 2.75) is 39.5 Å². The number of aliphatic hydroxyl groups excluding tert-OH is 1. The summed E-state index contributed by atoms with van der Waals surface area (Å²) < 4.78 is 21.4. The second-order valence-corrected chi connectivity index (χ2v) is 9.99. The van der Waals surface area contributed by atoms with Gasteiger partial charge >= 0.3 is 6.16 Å². The van der Waals surface area contributed by atoms with Gasteiger partial charge in [-0.1, -0.05) is 19.1 Å². The lowest BCUT2D eigenvalue weighted by molar-refractivity contribution is -0.189. The fourth-order valence-electron chi connectivity index (χ4n) is 4.77. The van der Waals surface area contributed by atoms with E-state index in [1.807, 2.05) is 26.0 Å². The van der Waals surface area contributed by atoms with Crippen LogP contribution in [0.4, 0.5) is 4.79 Å². The molecule has 0 saturated carbocycles. The molecule has 1 unspecified atom stereocenters. The molecule has 3 N–H and O–H groups in total. The number of hydrogen-bond acceptors (Lipinski definition) is 10. The molecule has 0 fully saturated rings. The summed E-state index contributed by atoms with van der Waals surface area (Å²) in [5.74, 6) is -1.71. The first-order chi connectivity index (χ1) is 21.8. The molecule has 0 aromatic heterocycles. The first-order valence-electron chi connectivity index (χ1n) is 15.2. The van der Waals surface area contributed by atoms with Gasteiger partial charge in [-0.2, -0.15) is 0 Å². The first-order valence-corrected chi connectivity index (χ1v) is 15.2. The van der Waals surface area contributed by atoms with E-state index in [1.165, 1.54) is 0 Å². The van der Waals surface area contributed by atoms with Crippen LogP contribution < -0.4 is 10.6 Å². The molecular weight excluding hydrogens is 586 g/mol. The average molecular weight is 630 g/mol. The van der Waals surface area contributed by atoms with Gasteiger partial charge in [0.2, 0.25) is 0 Å². The first kappa shape index (κ1) is 35.4. The summed E-state index contributed by atoms with van der Waals surface area (Å²) >= 11 is 0. The number of nitrogens with zero attached hydrogens (tertiary/aromatic N) is 1. The third kappa shape index (κ3) is 10.2. The van der Waals surface area contributed by atoms with E-state index in [1.54, 1.807) is 31.2 Å². The molecule has 3 amide bonds. The topological polar surface area (TPSA) is 162 Å². The van der Waals surface area contributed by atoms with Crippen molar-refractivity contribution >= 4 is 23.9 Å². The number of amides is 3. The van der Waals surface area contributed by atoms with E-state index in [2.05, 4.69) is 10.6 Å². The second-order valence-electron chi connectivity index (χ2n) is 9.99. The monoisotopic (exact) mass is 629 g/mol. The quantitative estimate of drug-likeness (QED) is 0.0967. The summed E-state index contributed by atoms with van der Waals surface area (Å²) in [7, 11) is 0. The highest BCUT2D eigenvalue weighted by atomic mass is 16.8. The van der Waals surface area contributed by atoms with E-state index in [4.69, 9.17) is 23.8 Å². The van der Waals surface area contributed by atoms with Crippen molar-refractivity contribution < 1.29 is 48.1 Å². The highest BCUT2D eigenvalue weighted by Gasteiger charge is 2.32. The molecule has 13 nitrogen and oxygen atoms in total. The lowest BCUT2D eigenvalue weighted by Crippen LogP contribution is -2.34. The lowest BCUT2D eigenvalue weighted by Gasteiger charge is -2.19. The Hall–Kier alpha value is -4.04. The number of ether oxygens (including phenoxy) is 4. The predicted molar refractivity (Wildman–Crippen MR) is 163 cm³/mol. The third-order valence-electron chi connectivity index (χ3n) is 6.94. The Kier molecular flexibility index (Phi) is 14.7. The zero-order chi connectivity index (χ0) is 32.6. The van der Waals surface area contributed by atoms with Gasteiger partial charge in [-0.15, -0.1) is 5.06 Å². The molecule has 0 spiro atoms. The highest BCUT2D eigenvalue weighted by molar-refractivity contribution is 5.98. The smallest absolute Gasteiger partial charge is 0.432 e. The van der Waals surface area contributed by atoms with Crippen molar-refractivity contribution in [3.63, 3.8) is 0 Å².